The quantitative estimate of drug-likeness (QED) is 0.290. The van der Waals surface area contributed by atoms with Gasteiger partial charge in [-0.15, -0.1) is 0 Å². The SMILES string of the molecule is CCOC(=O)C(C(=O)OCC)C(C[N+](=O)[O-])c1cc(C(F)(F)F)n(C)n1. The van der Waals surface area contributed by atoms with Gasteiger partial charge in [0.15, 0.2) is 5.92 Å². The minimum Gasteiger partial charge on any atom is -0.465 e. The third kappa shape index (κ3) is 5.17. The maximum Gasteiger partial charge on any atom is 0.433 e. The van der Waals surface area contributed by atoms with Crippen molar-refractivity contribution in [2.75, 3.05) is 19.8 Å². The standard InChI is InChI=1S/C14H18F3N3O6/c1-4-25-12(21)11(13(22)26-5-2)8(7-20(23)24)9-6-10(14(15,16)17)19(3)18-9/h6,8,11H,4-5,7H2,1-3H3. The number of carbonyl (C=O) groups is 2. The number of nitro groups is 1. The van der Waals surface area contributed by atoms with Crippen molar-refractivity contribution in [2.24, 2.45) is 13.0 Å². The smallest absolute Gasteiger partial charge is 0.433 e. The molecule has 26 heavy (non-hydrogen) atoms. The highest BCUT2D eigenvalue weighted by Crippen LogP contribution is 2.33. The third-order valence-electron chi connectivity index (χ3n) is 3.40. The third-order valence-corrected chi connectivity index (χ3v) is 3.40. The highest BCUT2D eigenvalue weighted by molar-refractivity contribution is 5.96. The lowest BCUT2D eigenvalue weighted by atomic mass is 9.89. The van der Waals surface area contributed by atoms with E-state index < -0.39 is 52.8 Å². The van der Waals surface area contributed by atoms with Gasteiger partial charge in [-0.25, -0.2) is 0 Å². The van der Waals surface area contributed by atoms with Gasteiger partial charge < -0.3 is 9.47 Å². The second-order valence-electron chi connectivity index (χ2n) is 5.18. The molecule has 9 nitrogen and oxygen atoms in total. The van der Waals surface area contributed by atoms with Gasteiger partial charge in [0.25, 0.3) is 0 Å². The molecule has 0 amide bonds. The Balaban J connectivity index is 3.42. The Morgan fingerprint density at radius 1 is 1.27 bits per heavy atom. The Morgan fingerprint density at radius 3 is 2.12 bits per heavy atom. The number of alkyl halides is 3. The molecule has 1 aromatic rings. The fourth-order valence-electron chi connectivity index (χ4n) is 2.36. The number of ether oxygens (including phenoxy) is 2. The van der Waals surface area contributed by atoms with Gasteiger partial charge in [0.05, 0.1) is 24.8 Å². The number of hydrogen-bond acceptors (Lipinski definition) is 7. The minimum atomic E-state index is -4.76. The number of nitrogens with zero attached hydrogens (tertiary/aromatic N) is 3. The number of esters is 2. The molecule has 0 radical (unpaired) electrons. The fourth-order valence-corrected chi connectivity index (χ4v) is 2.36. The average molecular weight is 381 g/mol. The van der Waals surface area contributed by atoms with Crippen LogP contribution in [0.1, 0.15) is 31.2 Å². The molecule has 12 heteroatoms. The molecule has 1 rings (SSSR count). The highest BCUT2D eigenvalue weighted by Gasteiger charge is 2.44. The Morgan fingerprint density at radius 2 is 1.77 bits per heavy atom. The number of aryl methyl sites for hydroxylation is 1. The highest BCUT2D eigenvalue weighted by atomic mass is 19.4. The van der Waals surface area contributed by atoms with E-state index in [-0.39, 0.29) is 13.2 Å². The zero-order chi connectivity index (χ0) is 20.1. The van der Waals surface area contributed by atoms with Crippen LogP contribution in [-0.2, 0) is 32.3 Å². The average Bonchev–Trinajstić information content (AvgIpc) is 2.88. The van der Waals surface area contributed by atoms with E-state index in [1.807, 2.05) is 0 Å². The van der Waals surface area contributed by atoms with E-state index in [2.05, 4.69) is 5.10 Å². The number of halogens is 3. The molecule has 0 spiro atoms. The van der Waals surface area contributed by atoms with Crippen LogP contribution in [0.4, 0.5) is 13.2 Å². The summed E-state index contributed by atoms with van der Waals surface area (Å²) in [5.74, 6) is -5.64. The van der Waals surface area contributed by atoms with Gasteiger partial charge in [-0.2, -0.15) is 18.3 Å². The van der Waals surface area contributed by atoms with E-state index in [0.29, 0.717) is 10.7 Å². The predicted molar refractivity (Wildman–Crippen MR) is 79.6 cm³/mol. The van der Waals surface area contributed by atoms with Crippen molar-refractivity contribution in [1.29, 1.82) is 0 Å². The van der Waals surface area contributed by atoms with Crippen molar-refractivity contribution >= 4 is 11.9 Å². The molecule has 1 unspecified atom stereocenters. The summed E-state index contributed by atoms with van der Waals surface area (Å²) in [5, 5.41) is 14.6. The minimum absolute atomic E-state index is 0.129. The Hall–Kier alpha value is -2.66. The number of aromatic nitrogens is 2. The number of hydrogen-bond donors (Lipinski definition) is 0. The summed E-state index contributed by atoms with van der Waals surface area (Å²) < 4.78 is 48.9. The van der Waals surface area contributed by atoms with Crippen molar-refractivity contribution in [3.63, 3.8) is 0 Å². The van der Waals surface area contributed by atoms with Crippen LogP contribution in [0.3, 0.4) is 0 Å². The molecule has 1 aromatic heterocycles. The first-order valence-electron chi connectivity index (χ1n) is 7.59. The van der Waals surface area contributed by atoms with Crippen LogP contribution in [0.2, 0.25) is 0 Å². The van der Waals surface area contributed by atoms with E-state index in [9.17, 15) is 32.9 Å². The first kappa shape index (κ1) is 21.4. The lowest BCUT2D eigenvalue weighted by molar-refractivity contribution is -0.484. The molecule has 0 fully saturated rings. The normalized spacial score (nSPS) is 12.7. The van der Waals surface area contributed by atoms with Crippen molar-refractivity contribution in [3.8, 4) is 0 Å². The van der Waals surface area contributed by atoms with Crippen LogP contribution >= 0.6 is 0 Å². The van der Waals surface area contributed by atoms with E-state index in [1.54, 1.807) is 0 Å². The number of rotatable bonds is 8. The van der Waals surface area contributed by atoms with Gasteiger partial charge in [0.1, 0.15) is 5.69 Å². The molecule has 0 aliphatic rings. The molecule has 0 aliphatic heterocycles. The first-order valence-corrected chi connectivity index (χ1v) is 7.59. The molecule has 0 bridgehead atoms. The summed E-state index contributed by atoms with van der Waals surface area (Å²) >= 11 is 0. The summed E-state index contributed by atoms with van der Waals surface area (Å²) in [5.41, 5.74) is -1.60. The van der Waals surface area contributed by atoms with Gasteiger partial charge in [0.2, 0.25) is 6.54 Å². The molecule has 1 heterocycles. The molecular weight excluding hydrogens is 363 g/mol. The maximum absolute atomic E-state index is 13.0. The van der Waals surface area contributed by atoms with Crippen molar-refractivity contribution in [3.05, 3.63) is 27.6 Å². The molecule has 0 aliphatic carbocycles. The predicted octanol–water partition coefficient (Wildman–Crippen LogP) is 1.54. The summed E-state index contributed by atoms with van der Waals surface area (Å²) in [7, 11) is 0.999. The molecule has 1 atom stereocenters. The Bertz CT molecular complexity index is 655. The molecular formula is C14H18F3N3O6. The molecule has 0 saturated carbocycles. The van der Waals surface area contributed by atoms with Crippen LogP contribution in [0.15, 0.2) is 6.07 Å². The van der Waals surface area contributed by atoms with Crippen LogP contribution in [-0.4, -0.2) is 46.4 Å². The summed E-state index contributed by atoms with van der Waals surface area (Å²) in [4.78, 5) is 34.4. The van der Waals surface area contributed by atoms with Gasteiger partial charge in [-0.05, 0) is 19.9 Å². The first-order chi connectivity index (χ1) is 12.0. The second-order valence-corrected chi connectivity index (χ2v) is 5.18. The van der Waals surface area contributed by atoms with Crippen LogP contribution in [0.25, 0.3) is 0 Å². The van der Waals surface area contributed by atoms with Crippen molar-refractivity contribution < 1.29 is 37.2 Å². The lowest BCUT2D eigenvalue weighted by Gasteiger charge is -2.19. The second kappa shape index (κ2) is 8.63. The Kier molecular flexibility index (Phi) is 7.10. The molecule has 146 valence electrons. The maximum atomic E-state index is 13.0. The molecule has 0 aromatic carbocycles. The van der Waals surface area contributed by atoms with Gasteiger partial charge in [-0.3, -0.25) is 24.4 Å². The monoisotopic (exact) mass is 381 g/mol. The topological polar surface area (TPSA) is 114 Å². The van der Waals surface area contributed by atoms with Crippen LogP contribution in [0.5, 0.6) is 0 Å². The van der Waals surface area contributed by atoms with Crippen molar-refractivity contribution in [2.45, 2.75) is 25.9 Å². The van der Waals surface area contributed by atoms with Crippen LogP contribution < -0.4 is 0 Å². The zero-order valence-electron chi connectivity index (χ0n) is 14.3. The van der Waals surface area contributed by atoms with Crippen LogP contribution in [0, 0.1) is 16.0 Å². The molecule has 0 saturated heterocycles. The summed E-state index contributed by atoms with van der Waals surface area (Å²) in [6, 6.07) is 0.569. The molecule has 0 N–H and O–H groups in total. The summed E-state index contributed by atoms with van der Waals surface area (Å²) in [6.45, 7) is 1.64. The lowest BCUT2D eigenvalue weighted by Crippen LogP contribution is -2.36. The van der Waals surface area contributed by atoms with Gasteiger partial charge in [-0.1, -0.05) is 0 Å². The van der Waals surface area contributed by atoms with Gasteiger partial charge in [0, 0.05) is 12.0 Å². The Labute approximate surface area is 146 Å². The van der Waals surface area contributed by atoms with E-state index in [4.69, 9.17) is 9.47 Å². The summed E-state index contributed by atoms with van der Waals surface area (Å²) in [6.07, 6.45) is -4.76. The van der Waals surface area contributed by atoms with E-state index >= 15 is 0 Å². The van der Waals surface area contributed by atoms with E-state index in [1.165, 1.54) is 13.8 Å². The van der Waals surface area contributed by atoms with Gasteiger partial charge >= 0.3 is 18.1 Å². The fraction of sp³-hybridized carbons (Fsp3) is 0.643. The zero-order valence-corrected chi connectivity index (χ0v) is 14.3. The van der Waals surface area contributed by atoms with E-state index in [0.717, 1.165) is 7.05 Å². The number of carbonyl (C=O) groups excluding carboxylic acids is 2. The van der Waals surface area contributed by atoms with Crippen molar-refractivity contribution in [1.82, 2.24) is 9.78 Å². The largest absolute Gasteiger partial charge is 0.465 e.